The molecule has 0 aromatic heterocycles. The molecule has 0 aliphatic rings. The van der Waals surface area contributed by atoms with Gasteiger partial charge in [0, 0.05) is 25.2 Å². The Hall–Kier alpha value is -2.08. The maximum absolute atomic E-state index is 11.4. The summed E-state index contributed by atoms with van der Waals surface area (Å²) in [6.45, 7) is 1.08. The summed E-state index contributed by atoms with van der Waals surface area (Å²) in [5, 5.41) is 8.18. The molecular formula is C12H18N4O2. The van der Waals surface area contributed by atoms with Crippen molar-refractivity contribution in [3.05, 3.63) is 29.8 Å². The first-order valence-corrected chi connectivity index (χ1v) is 5.68. The highest BCUT2D eigenvalue weighted by Gasteiger charge is 2.01. The minimum atomic E-state index is -0.606. The van der Waals surface area contributed by atoms with Crippen molar-refractivity contribution < 1.29 is 9.59 Å². The standard InChI is InChI=1S/C12H18N4O2/c1-14-6-5-11(17)15-8-9-3-2-4-10(7-9)16-12(13)18/h2-4,7,14H,5-6,8H2,1H3,(H,15,17)(H3,13,16,18). The van der Waals surface area contributed by atoms with Gasteiger partial charge in [-0.15, -0.1) is 0 Å². The zero-order valence-corrected chi connectivity index (χ0v) is 10.3. The third-order valence-electron chi connectivity index (χ3n) is 2.29. The van der Waals surface area contributed by atoms with Crippen LogP contribution < -0.4 is 21.7 Å². The summed E-state index contributed by atoms with van der Waals surface area (Å²) in [5.41, 5.74) is 6.54. The van der Waals surface area contributed by atoms with Crippen LogP contribution in [0.3, 0.4) is 0 Å². The highest BCUT2D eigenvalue weighted by Crippen LogP contribution is 2.10. The normalized spacial score (nSPS) is 9.83. The van der Waals surface area contributed by atoms with Crippen LogP contribution in [0.5, 0.6) is 0 Å². The van der Waals surface area contributed by atoms with Crippen molar-refractivity contribution in [2.45, 2.75) is 13.0 Å². The average Bonchev–Trinajstić information content (AvgIpc) is 2.33. The minimum Gasteiger partial charge on any atom is -0.352 e. The Labute approximate surface area is 106 Å². The molecule has 0 unspecified atom stereocenters. The van der Waals surface area contributed by atoms with E-state index in [1.807, 2.05) is 6.07 Å². The minimum absolute atomic E-state index is 0.0161. The van der Waals surface area contributed by atoms with Crippen molar-refractivity contribution in [2.24, 2.45) is 5.73 Å². The van der Waals surface area contributed by atoms with Crippen LogP contribution >= 0.6 is 0 Å². The first-order valence-electron chi connectivity index (χ1n) is 5.68. The summed E-state index contributed by atoms with van der Waals surface area (Å²) >= 11 is 0. The molecule has 6 nitrogen and oxygen atoms in total. The third kappa shape index (κ3) is 5.31. The molecule has 98 valence electrons. The van der Waals surface area contributed by atoms with Crippen LogP contribution in [0.1, 0.15) is 12.0 Å². The lowest BCUT2D eigenvalue weighted by Crippen LogP contribution is -2.26. The molecule has 0 saturated heterocycles. The van der Waals surface area contributed by atoms with E-state index in [9.17, 15) is 9.59 Å². The summed E-state index contributed by atoms with van der Waals surface area (Å²) in [4.78, 5) is 22.1. The van der Waals surface area contributed by atoms with Crippen LogP contribution in [0.2, 0.25) is 0 Å². The molecule has 1 aromatic carbocycles. The molecule has 0 heterocycles. The first kappa shape index (κ1) is 14.0. The number of urea groups is 1. The number of anilines is 1. The average molecular weight is 250 g/mol. The number of hydrogen-bond acceptors (Lipinski definition) is 3. The fourth-order valence-electron chi connectivity index (χ4n) is 1.43. The zero-order chi connectivity index (χ0) is 13.4. The predicted molar refractivity (Wildman–Crippen MR) is 70.0 cm³/mol. The number of nitrogens with one attached hydrogen (secondary N) is 3. The quantitative estimate of drug-likeness (QED) is 0.588. The monoisotopic (exact) mass is 250 g/mol. The van der Waals surface area contributed by atoms with Crippen molar-refractivity contribution >= 4 is 17.6 Å². The molecule has 0 atom stereocenters. The second-order valence-corrected chi connectivity index (χ2v) is 3.82. The van der Waals surface area contributed by atoms with Crippen LogP contribution in [-0.2, 0) is 11.3 Å². The second-order valence-electron chi connectivity index (χ2n) is 3.82. The van der Waals surface area contributed by atoms with Gasteiger partial charge < -0.3 is 21.7 Å². The molecule has 5 N–H and O–H groups in total. The maximum atomic E-state index is 11.4. The van der Waals surface area contributed by atoms with Crippen molar-refractivity contribution in [2.75, 3.05) is 18.9 Å². The molecule has 0 aliphatic carbocycles. The summed E-state index contributed by atoms with van der Waals surface area (Å²) in [6, 6.07) is 6.55. The number of amides is 3. The van der Waals surface area contributed by atoms with Gasteiger partial charge >= 0.3 is 6.03 Å². The van der Waals surface area contributed by atoms with Crippen LogP contribution in [0.4, 0.5) is 10.5 Å². The highest BCUT2D eigenvalue weighted by atomic mass is 16.2. The van der Waals surface area contributed by atoms with Gasteiger partial charge in [0.25, 0.3) is 0 Å². The Bertz CT molecular complexity index is 420. The van der Waals surface area contributed by atoms with E-state index in [2.05, 4.69) is 16.0 Å². The third-order valence-corrected chi connectivity index (χ3v) is 2.29. The van der Waals surface area contributed by atoms with Crippen molar-refractivity contribution in [1.82, 2.24) is 10.6 Å². The smallest absolute Gasteiger partial charge is 0.316 e. The molecule has 0 spiro atoms. The zero-order valence-electron chi connectivity index (χ0n) is 10.3. The van der Waals surface area contributed by atoms with Gasteiger partial charge in [-0.05, 0) is 24.7 Å². The van der Waals surface area contributed by atoms with Gasteiger partial charge in [0.15, 0.2) is 0 Å². The van der Waals surface area contributed by atoms with E-state index in [0.29, 0.717) is 25.2 Å². The van der Waals surface area contributed by atoms with E-state index >= 15 is 0 Å². The van der Waals surface area contributed by atoms with Crippen LogP contribution in [0, 0.1) is 0 Å². The molecule has 0 fully saturated rings. The highest BCUT2D eigenvalue weighted by molar-refractivity contribution is 5.87. The number of nitrogens with two attached hydrogens (primary N) is 1. The fourth-order valence-corrected chi connectivity index (χ4v) is 1.43. The van der Waals surface area contributed by atoms with Gasteiger partial charge in [-0.1, -0.05) is 12.1 Å². The lowest BCUT2D eigenvalue weighted by Gasteiger charge is -2.07. The number of carbonyl (C=O) groups excluding carboxylic acids is 2. The van der Waals surface area contributed by atoms with Crippen LogP contribution in [0.25, 0.3) is 0 Å². The van der Waals surface area contributed by atoms with Gasteiger partial charge in [-0.3, -0.25) is 4.79 Å². The Morgan fingerprint density at radius 3 is 2.78 bits per heavy atom. The summed E-state index contributed by atoms with van der Waals surface area (Å²) in [7, 11) is 1.80. The van der Waals surface area contributed by atoms with E-state index in [-0.39, 0.29) is 5.91 Å². The number of rotatable bonds is 6. The number of hydrogen-bond donors (Lipinski definition) is 4. The Balaban J connectivity index is 2.47. The van der Waals surface area contributed by atoms with Gasteiger partial charge in [0.2, 0.25) is 5.91 Å². The fraction of sp³-hybridized carbons (Fsp3) is 0.333. The molecule has 1 aromatic rings. The maximum Gasteiger partial charge on any atom is 0.316 e. The van der Waals surface area contributed by atoms with Crippen molar-refractivity contribution in [3.8, 4) is 0 Å². The number of carbonyl (C=O) groups is 2. The van der Waals surface area contributed by atoms with E-state index in [1.165, 1.54) is 0 Å². The summed E-state index contributed by atoms with van der Waals surface area (Å²) in [5.74, 6) is -0.0161. The van der Waals surface area contributed by atoms with E-state index in [1.54, 1.807) is 25.2 Å². The summed E-state index contributed by atoms with van der Waals surface area (Å²) < 4.78 is 0. The van der Waals surface area contributed by atoms with E-state index in [0.717, 1.165) is 5.56 Å². The van der Waals surface area contributed by atoms with E-state index < -0.39 is 6.03 Å². The van der Waals surface area contributed by atoms with Crippen LogP contribution in [0.15, 0.2) is 24.3 Å². The Morgan fingerprint density at radius 2 is 2.11 bits per heavy atom. The van der Waals surface area contributed by atoms with Crippen LogP contribution in [-0.4, -0.2) is 25.5 Å². The van der Waals surface area contributed by atoms with Crippen molar-refractivity contribution in [1.29, 1.82) is 0 Å². The Morgan fingerprint density at radius 1 is 1.33 bits per heavy atom. The molecule has 1 rings (SSSR count). The molecule has 0 bridgehead atoms. The van der Waals surface area contributed by atoms with Gasteiger partial charge in [0.1, 0.15) is 0 Å². The van der Waals surface area contributed by atoms with Gasteiger partial charge in [0.05, 0.1) is 0 Å². The second kappa shape index (κ2) is 7.29. The molecule has 3 amide bonds. The molecule has 0 radical (unpaired) electrons. The number of benzene rings is 1. The van der Waals surface area contributed by atoms with Gasteiger partial charge in [-0.25, -0.2) is 4.79 Å². The number of primary amides is 1. The first-order chi connectivity index (χ1) is 8.61. The lowest BCUT2D eigenvalue weighted by molar-refractivity contribution is -0.121. The SMILES string of the molecule is CNCCC(=O)NCc1cccc(NC(N)=O)c1. The molecule has 0 aliphatic heterocycles. The largest absolute Gasteiger partial charge is 0.352 e. The summed E-state index contributed by atoms with van der Waals surface area (Å²) in [6.07, 6.45) is 0.440. The predicted octanol–water partition coefficient (Wildman–Crippen LogP) is 0.403. The molecular weight excluding hydrogens is 232 g/mol. The van der Waals surface area contributed by atoms with E-state index in [4.69, 9.17) is 5.73 Å². The lowest BCUT2D eigenvalue weighted by atomic mass is 10.2. The van der Waals surface area contributed by atoms with Crippen molar-refractivity contribution in [3.63, 3.8) is 0 Å². The Kier molecular flexibility index (Phi) is 5.66. The molecule has 6 heteroatoms. The molecule has 18 heavy (non-hydrogen) atoms. The molecule has 0 saturated carbocycles. The topological polar surface area (TPSA) is 96.2 Å². The van der Waals surface area contributed by atoms with Gasteiger partial charge in [-0.2, -0.15) is 0 Å².